The van der Waals surface area contributed by atoms with Gasteiger partial charge in [-0.2, -0.15) is 16.8 Å². The van der Waals surface area contributed by atoms with E-state index in [2.05, 4.69) is 5.32 Å². The predicted molar refractivity (Wildman–Crippen MR) is 105 cm³/mol. The van der Waals surface area contributed by atoms with E-state index < -0.39 is 40.9 Å². The van der Waals surface area contributed by atoms with Gasteiger partial charge in [-0.3, -0.25) is 24.0 Å². The maximum absolute atomic E-state index is 12.5. The molecule has 11 nitrogen and oxygen atoms in total. The summed E-state index contributed by atoms with van der Waals surface area (Å²) in [7, 11) is -9.59. The third-order valence-electron chi connectivity index (χ3n) is 4.11. The first-order valence-electron chi connectivity index (χ1n) is 7.96. The molecule has 0 aliphatic rings. The number of anilines is 1. The van der Waals surface area contributed by atoms with Crippen molar-refractivity contribution in [1.29, 1.82) is 0 Å². The first-order chi connectivity index (χ1) is 13.9. The van der Waals surface area contributed by atoms with E-state index in [-0.39, 0.29) is 27.7 Å². The molecule has 0 aliphatic carbocycles. The molecule has 3 N–H and O–H groups in total. The summed E-state index contributed by atoms with van der Waals surface area (Å²) in [4.78, 5) is 21.3. The quantitative estimate of drug-likeness (QED) is 0.297. The number of hydrogen-bond donors (Lipinski definition) is 3. The average Bonchev–Trinajstić information content (AvgIpc) is 2.66. The summed E-state index contributed by atoms with van der Waals surface area (Å²) < 4.78 is 65.8. The lowest BCUT2D eigenvalue weighted by Crippen LogP contribution is -2.13. The number of fused-ring (bicyclic) bond motifs is 1. The molecular formula is C17H12N2O9S2. The van der Waals surface area contributed by atoms with Gasteiger partial charge in [0, 0.05) is 28.5 Å². The van der Waals surface area contributed by atoms with Crippen LogP contribution in [0.15, 0.2) is 64.4 Å². The van der Waals surface area contributed by atoms with Crippen molar-refractivity contribution in [3.05, 3.63) is 70.3 Å². The minimum absolute atomic E-state index is 0.00283. The molecule has 0 heterocycles. The van der Waals surface area contributed by atoms with Crippen molar-refractivity contribution in [1.82, 2.24) is 0 Å². The van der Waals surface area contributed by atoms with E-state index >= 15 is 0 Å². The highest BCUT2D eigenvalue weighted by molar-refractivity contribution is 7.86. The standard InChI is InChI=1S/C17H12N2O9S2/c20-17(10-4-6-11(7-5-10)19(21)22)18-13-8-9-14(29(23,24)25)12-2-1-3-15(16(12)13)30(26,27)28/h1-9H,(H,18,20)(H,23,24,25)(H,26,27,28). The molecule has 156 valence electrons. The minimum atomic E-state index is -4.83. The average molecular weight is 452 g/mol. The van der Waals surface area contributed by atoms with E-state index in [1.165, 1.54) is 18.2 Å². The van der Waals surface area contributed by atoms with Gasteiger partial charge < -0.3 is 5.32 Å². The van der Waals surface area contributed by atoms with Gasteiger partial charge in [0.15, 0.2) is 0 Å². The van der Waals surface area contributed by atoms with Gasteiger partial charge >= 0.3 is 0 Å². The molecule has 0 radical (unpaired) electrons. The van der Waals surface area contributed by atoms with E-state index in [4.69, 9.17) is 0 Å². The van der Waals surface area contributed by atoms with Gasteiger partial charge in [0.25, 0.3) is 31.8 Å². The van der Waals surface area contributed by atoms with Crippen LogP contribution in [0.25, 0.3) is 10.8 Å². The van der Waals surface area contributed by atoms with Crippen molar-refractivity contribution in [3.63, 3.8) is 0 Å². The molecule has 3 aromatic carbocycles. The largest absolute Gasteiger partial charge is 0.321 e. The van der Waals surface area contributed by atoms with Crippen molar-refractivity contribution in [2.45, 2.75) is 9.79 Å². The van der Waals surface area contributed by atoms with Crippen LogP contribution < -0.4 is 5.32 Å². The highest BCUT2D eigenvalue weighted by Gasteiger charge is 2.23. The van der Waals surface area contributed by atoms with E-state index in [1.807, 2.05) is 0 Å². The third kappa shape index (κ3) is 4.13. The van der Waals surface area contributed by atoms with E-state index in [1.54, 1.807) is 0 Å². The third-order valence-corrected chi connectivity index (χ3v) is 5.91. The van der Waals surface area contributed by atoms with Crippen molar-refractivity contribution in [2.24, 2.45) is 0 Å². The summed E-state index contributed by atoms with van der Waals surface area (Å²) in [6.07, 6.45) is 0. The van der Waals surface area contributed by atoms with Crippen molar-refractivity contribution in [2.75, 3.05) is 5.32 Å². The second kappa shape index (κ2) is 7.46. The molecule has 0 aliphatic heterocycles. The molecule has 0 atom stereocenters. The Morgan fingerprint density at radius 1 is 0.867 bits per heavy atom. The zero-order chi connectivity index (χ0) is 22.3. The molecule has 13 heteroatoms. The Labute approximate surface area is 169 Å². The number of nitrogens with one attached hydrogen (secondary N) is 1. The lowest BCUT2D eigenvalue weighted by atomic mass is 10.1. The first-order valence-corrected chi connectivity index (χ1v) is 10.8. The lowest BCUT2D eigenvalue weighted by Gasteiger charge is -2.13. The van der Waals surface area contributed by atoms with Crippen LogP contribution in [0.3, 0.4) is 0 Å². The van der Waals surface area contributed by atoms with E-state index in [9.17, 15) is 40.8 Å². The fourth-order valence-electron chi connectivity index (χ4n) is 2.82. The maximum atomic E-state index is 12.5. The normalized spacial score (nSPS) is 11.9. The van der Waals surface area contributed by atoms with Crippen LogP contribution in [-0.4, -0.2) is 36.8 Å². The second-order valence-electron chi connectivity index (χ2n) is 6.00. The van der Waals surface area contributed by atoms with Crippen LogP contribution >= 0.6 is 0 Å². The molecule has 0 aromatic heterocycles. The molecule has 0 saturated carbocycles. The number of carbonyl (C=O) groups is 1. The Kier molecular flexibility index (Phi) is 5.30. The lowest BCUT2D eigenvalue weighted by molar-refractivity contribution is -0.384. The summed E-state index contributed by atoms with van der Waals surface area (Å²) in [6.45, 7) is 0. The molecule has 30 heavy (non-hydrogen) atoms. The fourth-order valence-corrected chi connectivity index (χ4v) is 4.24. The van der Waals surface area contributed by atoms with Crippen LogP contribution in [0, 0.1) is 10.1 Å². The first kappa shape index (κ1) is 21.3. The van der Waals surface area contributed by atoms with Gasteiger partial charge in [-0.15, -0.1) is 0 Å². The predicted octanol–water partition coefficient (Wildman–Crippen LogP) is 2.49. The van der Waals surface area contributed by atoms with Gasteiger partial charge in [-0.25, -0.2) is 0 Å². The molecule has 3 aromatic rings. The molecule has 0 fully saturated rings. The molecule has 1 amide bonds. The van der Waals surface area contributed by atoms with Crippen LogP contribution in [0.4, 0.5) is 11.4 Å². The number of nitrogens with zero attached hydrogens (tertiary/aromatic N) is 1. The number of rotatable bonds is 5. The summed E-state index contributed by atoms with van der Waals surface area (Å²) in [5.74, 6) is -0.782. The number of hydrogen-bond acceptors (Lipinski definition) is 7. The number of nitro groups is 1. The van der Waals surface area contributed by atoms with Crippen molar-refractivity contribution < 1.29 is 35.7 Å². The molecular weight excluding hydrogens is 440 g/mol. The van der Waals surface area contributed by atoms with E-state index in [0.717, 1.165) is 36.4 Å². The Morgan fingerprint density at radius 3 is 2.00 bits per heavy atom. The minimum Gasteiger partial charge on any atom is -0.321 e. The summed E-state index contributed by atoms with van der Waals surface area (Å²) in [5, 5.41) is 12.5. The molecule has 0 unspecified atom stereocenters. The van der Waals surface area contributed by atoms with Crippen LogP contribution in [0.5, 0.6) is 0 Å². The Hall–Kier alpha value is -3.39. The topological polar surface area (TPSA) is 181 Å². The number of non-ortho nitro benzene ring substituents is 1. The highest BCUT2D eigenvalue weighted by atomic mass is 32.2. The zero-order valence-corrected chi connectivity index (χ0v) is 16.3. The number of carbonyl (C=O) groups excluding carboxylic acids is 1. The Balaban J connectivity index is 2.18. The monoisotopic (exact) mass is 452 g/mol. The number of amides is 1. The summed E-state index contributed by atoms with van der Waals surface area (Å²) in [5.41, 5.74) is -0.422. The van der Waals surface area contributed by atoms with Crippen LogP contribution in [0.2, 0.25) is 0 Å². The molecule has 0 saturated heterocycles. The summed E-state index contributed by atoms with van der Waals surface area (Å²) >= 11 is 0. The smallest absolute Gasteiger partial charge is 0.295 e. The van der Waals surface area contributed by atoms with Gasteiger partial charge in [-0.1, -0.05) is 12.1 Å². The van der Waals surface area contributed by atoms with Gasteiger partial charge in [-0.05, 0) is 30.3 Å². The number of benzene rings is 3. The van der Waals surface area contributed by atoms with Gasteiger partial charge in [0.2, 0.25) is 0 Å². The second-order valence-corrected chi connectivity index (χ2v) is 8.78. The van der Waals surface area contributed by atoms with Gasteiger partial charge in [0.1, 0.15) is 9.79 Å². The Morgan fingerprint density at radius 2 is 1.47 bits per heavy atom. The zero-order valence-electron chi connectivity index (χ0n) is 14.7. The molecule has 0 spiro atoms. The summed E-state index contributed by atoms with van der Waals surface area (Å²) in [6, 6.07) is 9.87. The highest BCUT2D eigenvalue weighted by Crippen LogP contribution is 2.34. The fraction of sp³-hybridized carbons (Fsp3) is 0. The van der Waals surface area contributed by atoms with Crippen LogP contribution in [-0.2, 0) is 20.2 Å². The molecule has 3 rings (SSSR count). The van der Waals surface area contributed by atoms with Crippen LogP contribution in [0.1, 0.15) is 10.4 Å². The number of nitro benzene ring substituents is 1. The Bertz CT molecular complexity index is 1400. The van der Waals surface area contributed by atoms with Gasteiger partial charge in [0.05, 0.1) is 10.6 Å². The maximum Gasteiger partial charge on any atom is 0.295 e. The van der Waals surface area contributed by atoms with E-state index in [0.29, 0.717) is 0 Å². The molecule has 0 bridgehead atoms. The van der Waals surface area contributed by atoms with Crippen molar-refractivity contribution >= 4 is 48.3 Å². The SMILES string of the molecule is O=C(Nc1ccc(S(=O)(=O)O)c2cccc(S(=O)(=O)O)c12)c1ccc([N+](=O)[O-])cc1. The van der Waals surface area contributed by atoms with Crippen molar-refractivity contribution in [3.8, 4) is 0 Å².